The third-order valence-corrected chi connectivity index (χ3v) is 3.90. The molecule has 2 heterocycles. The molecule has 10 heteroatoms. The second-order valence-electron chi connectivity index (χ2n) is 5.98. The van der Waals surface area contributed by atoms with Crippen LogP contribution in [0, 0.1) is 24.0 Å². The third-order valence-electron chi connectivity index (χ3n) is 3.90. The minimum absolute atomic E-state index is 0.0202. The highest BCUT2D eigenvalue weighted by Gasteiger charge is 2.16. The number of imidazole rings is 1. The number of esters is 1. The largest absolute Gasteiger partial charge is 0.490 e. The van der Waals surface area contributed by atoms with Gasteiger partial charge in [0.15, 0.2) is 6.61 Å². The number of rotatable bonds is 7. The van der Waals surface area contributed by atoms with E-state index in [1.807, 2.05) is 24.3 Å². The number of carbonyl (C=O) groups is 1. The Morgan fingerprint density at radius 1 is 1.25 bits per heavy atom. The Balaban J connectivity index is 1.58. The van der Waals surface area contributed by atoms with E-state index < -0.39 is 10.9 Å². The minimum atomic E-state index is -0.602. The fourth-order valence-electron chi connectivity index (χ4n) is 2.62. The van der Waals surface area contributed by atoms with E-state index in [9.17, 15) is 14.9 Å². The van der Waals surface area contributed by atoms with Gasteiger partial charge in [-0.2, -0.15) is 0 Å². The van der Waals surface area contributed by atoms with E-state index in [0.29, 0.717) is 11.5 Å². The molecule has 3 aromatic rings. The van der Waals surface area contributed by atoms with Gasteiger partial charge in [0.2, 0.25) is 11.5 Å². The van der Waals surface area contributed by atoms with Crippen LogP contribution in [0.3, 0.4) is 0 Å². The maximum absolute atomic E-state index is 11.9. The normalized spacial score (nSPS) is 10.7. The van der Waals surface area contributed by atoms with Crippen molar-refractivity contribution in [3.8, 4) is 11.5 Å². The molecule has 2 aromatic heterocycles. The summed E-state index contributed by atoms with van der Waals surface area (Å²) in [6, 6.07) is 5.89. The highest BCUT2D eigenvalue weighted by molar-refractivity contribution is 5.71. The minimum Gasteiger partial charge on any atom is -0.490 e. The summed E-state index contributed by atoms with van der Waals surface area (Å²) in [4.78, 5) is 30.9. The van der Waals surface area contributed by atoms with E-state index in [2.05, 4.69) is 9.97 Å². The maximum atomic E-state index is 11.9. The molecule has 0 amide bonds. The summed E-state index contributed by atoms with van der Waals surface area (Å²) in [6.07, 6.45) is 1.76. The second-order valence-corrected chi connectivity index (χ2v) is 5.98. The number of hydrogen-bond acceptors (Lipinski definition) is 8. The van der Waals surface area contributed by atoms with Crippen LogP contribution in [0.2, 0.25) is 0 Å². The molecule has 0 fully saturated rings. The lowest BCUT2D eigenvalue weighted by atomic mass is 10.3. The van der Waals surface area contributed by atoms with Crippen molar-refractivity contribution >= 4 is 17.4 Å². The SMILES string of the molecule is COc1cc(OCC(=O)OCc2cn3c(C)cc(C)nc3n2)ccc1[N+](=O)[O-]. The average Bonchev–Trinajstić information content (AvgIpc) is 3.07. The predicted octanol–water partition coefficient (Wildman–Crippen LogP) is 2.39. The Hall–Kier alpha value is -3.69. The maximum Gasteiger partial charge on any atom is 0.344 e. The van der Waals surface area contributed by atoms with Gasteiger partial charge >= 0.3 is 11.7 Å². The van der Waals surface area contributed by atoms with Crippen LogP contribution >= 0.6 is 0 Å². The Bertz CT molecular complexity index is 1050. The highest BCUT2D eigenvalue weighted by atomic mass is 16.6. The van der Waals surface area contributed by atoms with E-state index in [1.54, 1.807) is 6.20 Å². The van der Waals surface area contributed by atoms with E-state index in [0.717, 1.165) is 11.4 Å². The Morgan fingerprint density at radius 3 is 2.75 bits per heavy atom. The third kappa shape index (κ3) is 4.17. The molecule has 3 rings (SSSR count). The van der Waals surface area contributed by atoms with Gasteiger partial charge in [-0.3, -0.25) is 14.5 Å². The van der Waals surface area contributed by atoms with E-state index >= 15 is 0 Å². The molecule has 28 heavy (non-hydrogen) atoms. The molecule has 0 spiro atoms. The molecule has 146 valence electrons. The second kappa shape index (κ2) is 7.91. The van der Waals surface area contributed by atoms with Crippen LogP contribution in [0.1, 0.15) is 17.1 Å². The van der Waals surface area contributed by atoms with Crippen LogP contribution in [-0.2, 0) is 16.1 Å². The molecule has 0 unspecified atom stereocenters. The number of ether oxygens (including phenoxy) is 3. The van der Waals surface area contributed by atoms with Gasteiger partial charge in [0.25, 0.3) is 0 Å². The van der Waals surface area contributed by atoms with Crippen molar-refractivity contribution in [2.75, 3.05) is 13.7 Å². The molecule has 0 aliphatic rings. The first-order chi connectivity index (χ1) is 13.4. The molecular weight excluding hydrogens is 368 g/mol. The van der Waals surface area contributed by atoms with Crippen molar-refractivity contribution in [2.45, 2.75) is 20.5 Å². The quantitative estimate of drug-likeness (QED) is 0.345. The Kier molecular flexibility index (Phi) is 5.39. The van der Waals surface area contributed by atoms with Gasteiger partial charge < -0.3 is 14.2 Å². The van der Waals surface area contributed by atoms with Crippen molar-refractivity contribution in [1.82, 2.24) is 14.4 Å². The molecule has 0 aliphatic carbocycles. The van der Waals surface area contributed by atoms with Crippen molar-refractivity contribution in [1.29, 1.82) is 0 Å². The Labute approximate surface area is 159 Å². The summed E-state index contributed by atoms with van der Waals surface area (Å²) < 4.78 is 17.2. The monoisotopic (exact) mass is 386 g/mol. The smallest absolute Gasteiger partial charge is 0.344 e. The zero-order valence-electron chi connectivity index (χ0n) is 15.5. The van der Waals surface area contributed by atoms with E-state index in [1.165, 1.54) is 25.3 Å². The molecule has 0 bridgehead atoms. The summed E-state index contributed by atoms with van der Waals surface area (Å²) in [5, 5.41) is 10.9. The van der Waals surface area contributed by atoms with Crippen LogP contribution in [0.5, 0.6) is 11.5 Å². The zero-order valence-corrected chi connectivity index (χ0v) is 15.5. The molecule has 0 radical (unpaired) electrons. The lowest BCUT2D eigenvalue weighted by Gasteiger charge is -2.08. The van der Waals surface area contributed by atoms with Crippen LogP contribution in [0.4, 0.5) is 5.69 Å². The molecule has 0 saturated heterocycles. The average molecular weight is 386 g/mol. The fraction of sp³-hybridized carbons (Fsp3) is 0.278. The standard InChI is InChI=1S/C18H18N4O6/c1-11-6-12(2)21-8-13(20-18(21)19-11)9-28-17(23)10-27-14-4-5-15(22(24)25)16(7-14)26-3/h4-8H,9-10H2,1-3H3. The number of nitro benzene ring substituents is 1. The summed E-state index contributed by atoms with van der Waals surface area (Å²) in [7, 11) is 1.31. The number of aromatic nitrogens is 3. The number of carbonyl (C=O) groups excluding carboxylic acids is 1. The lowest BCUT2D eigenvalue weighted by Crippen LogP contribution is -2.15. The number of methoxy groups -OCH3 is 1. The fourth-order valence-corrected chi connectivity index (χ4v) is 2.62. The summed E-state index contributed by atoms with van der Waals surface area (Å²) in [6.45, 7) is 3.44. The predicted molar refractivity (Wildman–Crippen MR) is 97.4 cm³/mol. The first kappa shape index (κ1) is 19.1. The summed E-state index contributed by atoms with van der Waals surface area (Å²) in [5.74, 6) is 0.231. The van der Waals surface area contributed by atoms with Crippen LogP contribution < -0.4 is 9.47 Å². The van der Waals surface area contributed by atoms with Gasteiger partial charge in [0.05, 0.1) is 17.7 Å². The number of hydrogen-bond donors (Lipinski definition) is 0. The van der Waals surface area contributed by atoms with Crippen molar-refractivity contribution in [2.24, 2.45) is 0 Å². The summed E-state index contributed by atoms with van der Waals surface area (Å²) >= 11 is 0. The number of nitro groups is 1. The van der Waals surface area contributed by atoms with E-state index in [-0.39, 0.29) is 30.4 Å². The van der Waals surface area contributed by atoms with Gasteiger partial charge in [0.1, 0.15) is 12.4 Å². The number of nitrogens with zero attached hydrogens (tertiary/aromatic N) is 4. The molecule has 0 aliphatic heterocycles. The first-order valence-electron chi connectivity index (χ1n) is 8.30. The van der Waals surface area contributed by atoms with Crippen molar-refractivity contribution in [3.05, 3.63) is 57.7 Å². The zero-order chi connectivity index (χ0) is 20.3. The van der Waals surface area contributed by atoms with Gasteiger partial charge in [0, 0.05) is 29.7 Å². The number of fused-ring (bicyclic) bond motifs is 1. The van der Waals surface area contributed by atoms with E-state index in [4.69, 9.17) is 14.2 Å². The summed E-state index contributed by atoms with van der Waals surface area (Å²) in [5.41, 5.74) is 2.20. The van der Waals surface area contributed by atoms with Gasteiger partial charge in [-0.15, -0.1) is 0 Å². The van der Waals surface area contributed by atoms with Crippen LogP contribution in [0.25, 0.3) is 5.78 Å². The molecule has 10 nitrogen and oxygen atoms in total. The van der Waals surface area contributed by atoms with Crippen molar-refractivity contribution in [3.63, 3.8) is 0 Å². The van der Waals surface area contributed by atoms with Gasteiger partial charge in [-0.05, 0) is 26.0 Å². The molecule has 0 N–H and O–H groups in total. The van der Waals surface area contributed by atoms with Crippen LogP contribution in [0.15, 0.2) is 30.5 Å². The lowest BCUT2D eigenvalue weighted by molar-refractivity contribution is -0.385. The topological polar surface area (TPSA) is 118 Å². The van der Waals surface area contributed by atoms with Crippen molar-refractivity contribution < 1.29 is 23.9 Å². The Morgan fingerprint density at radius 2 is 2.04 bits per heavy atom. The number of aryl methyl sites for hydroxylation is 2. The highest BCUT2D eigenvalue weighted by Crippen LogP contribution is 2.30. The van der Waals surface area contributed by atoms with Gasteiger partial charge in [-0.25, -0.2) is 14.8 Å². The van der Waals surface area contributed by atoms with Gasteiger partial charge in [-0.1, -0.05) is 0 Å². The molecule has 0 saturated carbocycles. The van der Waals surface area contributed by atoms with Crippen LogP contribution in [-0.4, -0.2) is 39.0 Å². The molecule has 0 atom stereocenters. The first-order valence-corrected chi connectivity index (χ1v) is 8.30. The number of benzene rings is 1. The molecule has 1 aromatic carbocycles. The molecular formula is C18H18N4O6.